The number of anilines is 3. The minimum absolute atomic E-state index is 0.0301. The Labute approximate surface area is 330 Å². The van der Waals surface area contributed by atoms with Crippen LogP contribution in [0.4, 0.5) is 30.4 Å². The second kappa shape index (κ2) is 14.7. The Morgan fingerprint density at radius 3 is 2.39 bits per heavy atom. The summed E-state index contributed by atoms with van der Waals surface area (Å²) in [5.41, 5.74) is 5.66. The van der Waals surface area contributed by atoms with Gasteiger partial charge in [-0.1, -0.05) is 12.1 Å². The van der Waals surface area contributed by atoms with Crippen LogP contribution in [0, 0.1) is 24.6 Å². The molecule has 2 aliphatic carbocycles. The van der Waals surface area contributed by atoms with Crippen LogP contribution in [0.2, 0.25) is 0 Å². The summed E-state index contributed by atoms with van der Waals surface area (Å²) in [7, 11) is 1.54. The number of carbonyl (C=O) groups is 2. The number of benzene rings is 2. The maximum absolute atomic E-state index is 15.6. The number of rotatable bonds is 8. The Bertz CT molecular complexity index is 2200. The number of nitrogens with zero attached hydrogens (tertiary/aromatic N) is 6. The van der Waals surface area contributed by atoms with E-state index in [1.54, 1.807) is 13.3 Å². The van der Waals surface area contributed by atoms with Crippen molar-refractivity contribution in [2.75, 3.05) is 56.7 Å². The lowest BCUT2D eigenvalue weighted by atomic mass is 9.83. The van der Waals surface area contributed by atoms with Gasteiger partial charge in [0.15, 0.2) is 5.82 Å². The summed E-state index contributed by atoms with van der Waals surface area (Å²) in [4.78, 5) is 43.7. The summed E-state index contributed by atoms with van der Waals surface area (Å²) >= 11 is 0. The number of hydrogen-bond acceptors (Lipinski definition) is 8. The molecule has 11 nitrogen and oxygen atoms in total. The third kappa shape index (κ3) is 6.86. The van der Waals surface area contributed by atoms with Gasteiger partial charge in [0.2, 0.25) is 5.91 Å². The van der Waals surface area contributed by atoms with Crippen LogP contribution in [0.25, 0.3) is 22.3 Å². The molecule has 0 bridgehead atoms. The molecule has 2 saturated carbocycles. The molecule has 5 aliphatic rings. The van der Waals surface area contributed by atoms with E-state index in [-0.39, 0.29) is 35.6 Å². The highest BCUT2D eigenvalue weighted by Gasteiger charge is 2.72. The fourth-order valence-electron chi connectivity index (χ4n) is 9.50. The molecule has 4 aromatic rings. The maximum Gasteiger partial charge on any atom is 0.257 e. The second-order valence-corrected chi connectivity index (χ2v) is 17.0. The van der Waals surface area contributed by atoms with Gasteiger partial charge in [-0.3, -0.25) is 19.4 Å². The number of piperidine rings is 1. The second-order valence-electron chi connectivity index (χ2n) is 17.0. The van der Waals surface area contributed by atoms with Gasteiger partial charge >= 0.3 is 0 Å². The topological polar surface area (TPSA) is 108 Å². The molecule has 3 aliphatic heterocycles. The van der Waals surface area contributed by atoms with Gasteiger partial charge in [0, 0.05) is 73.3 Å². The van der Waals surface area contributed by atoms with Crippen molar-refractivity contribution >= 4 is 40.0 Å². The summed E-state index contributed by atoms with van der Waals surface area (Å²) in [6.07, 6.45) is 6.09. The van der Waals surface area contributed by atoms with Crippen LogP contribution in [0.5, 0.6) is 0 Å². The predicted molar refractivity (Wildman–Crippen MR) is 213 cm³/mol. The lowest BCUT2D eigenvalue weighted by Crippen LogP contribution is -2.56. The highest BCUT2D eigenvalue weighted by Crippen LogP contribution is 2.60. The molecule has 57 heavy (non-hydrogen) atoms. The number of carbonyl (C=O) groups excluding carboxylic acids is 2. The molecule has 302 valence electrons. The average molecular weight is 785 g/mol. The number of likely N-dealkylation sites (tertiary alicyclic amines) is 1. The van der Waals surface area contributed by atoms with Crippen LogP contribution in [-0.4, -0.2) is 107 Å². The molecule has 2 N–H and O–H groups in total. The van der Waals surface area contributed by atoms with Crippen molar-refractivity contribution in [3.8, 4) is 11.3 Å². The first kappa shape index (κ1) is 38.0. The molecule has 2 amide bonds. The zero-order chi connectivity index (χ0) is 39.7. The van der Waals surface area contributed by atoms with E-state index >= 15 is 4.39 Å². The molecule has 0 spiro atoms. The van der Waals surface area contributed by atoms with Gasteiger partial charge < -0.3 is 24.8 Å². The summed E-state index contributed by atoms with van der Waals surface area (Å²) in [6, 6.07) is 11.5. The number of alkyl halides is 2. The van der Waals surface area contributed by atoms with Gasteiger partial charge in [0.25, 0.3) is 11.8 Å². The molecular formula is C43H51F3N8O3. The van der Waals surface area contributed by atoms with Crippen LogP contribution < -0.4 is 15.5 Å². The highest BCUT2D eigenvalue weighted by atomic mass is 19.3. The molecule has 0 radical (unpaired) electrons. The van der Waals surface area contributed by atoms with E-state index < -0.39 is 23.6 Å². The number of halogens is 3. The summed E-state index contributed by atoms with van der Waals surface area (Å²) in [5, 5.41) is 5.85. The summed E-state index contributed by atoms with van der Waals surface area (Å²) < 4.78 is 51.2. The minimum atomic E-state index is -2.52. The molecular weight excluding hydrogens is 734 g/mol. The first-order chi connectivity index (χ1) is 27.4. The fraction of sp³-hybridized carbons (Fsp3) is 0.535. The molecule has 2 atom stereocenters. The van der Waals surface area contributed by atoms with E-state index in [9.17, 15) is 18.4 Å². The highest BCUT2D eigenvalue weighted by molar-refractivity contribution is 5.98. The van der Waals surface area contributed by atoms with E-state index in [1.807, 2.05) is 35.4 Å². The number of hydrogen-bond donors (Lipinski definition) is 2. The molecule has 14 heteroatoms. The molecule has 4 fully saturated rings. The number of aromatic nitrogens is 3. The van der Waals surface area contributed by atoms with Crippen molar-refractivity contribution in [3.63, 3.8) is 0 Å². The quantitative estimate of drug-likeness (QED) is 0.203. The third-order valence-electron chi connectivity index (χ3n) is 13.1. The Morgan fingerprint density at radius 1 is 0.965 bits per heavy atom. The van der Waals surface area contributed by atoms with Crippen molar-refractivity contribution in [3.05, 3.63) is 65.2 Å². The Balaban J connectivity index is 1.08. The van der Waals surface area contributed by atoms with Crippen LogP contribution in [0.1, 0.15) is 73.5 Å². The van der Waals surface area contributed by atoms with Crippen LogP contribution >= 0.6 is 0 Å². The third-order valence-corrected chi connectivity index (χ3v) is 13.1. The molecule has 2 aromatic carbocycles. The number of pyridine rings is 1. The number of imidazole rings is 1. The summed E-state index contributed by atoms with van der Waals surface area (Å²) in [6.45, 7) is 9.83. The first-order valence-electron chi connectivity index (χ1n) is 20.5. The van der Waals surface area contributed by atoms with Gasteiger partial charge in [-0.05, 0) is 101 Å². The maximum atomic E-state index is 15.6. The van der Waals surface area contributed by atoms with Crippen LogP contribution in [0.15, 0.2) is 42.7 Å². The Kier molecular flexibility index (Phi) is 9.80. The van der Waals surface area contributed by atoms with Crippen molar-refractivity contribution in [2.24, 2.45) is 11.8 Å². The largest absolute Gasteiger partial charge is 0.378 e. The standard InChI is InChI=1S/C43H51F3N8O3/c1-24(2)53-23-48-37-18-35(49-41(40(37)53)50-36-17-31(42(56)47-4)25(3)13-34(36)44)27-10-9-26-7-5-11-51(30-21-57-22-30)12-6-8-39(55)54(38(26)14-27)29-15-28(16-29)52-19-32-33(20-52)43(32,45)46/h9-10,13-14,17-18,23-24,28-30,32-33H,5-8,11-12,15-16,19-22H2,1-4H3,(H,47,56)(H,49,50). The van der Waals surface area contributed by atoms with Crippen molar-refractivity contribution < 1.29 is 27.5 Å². The van der Waals surface area contributed by atoms with E-state index in [1.165, 1.54) is 19.2 Å². The van der Waals surface area contributed by atoms with E-state index in [0.717, 1.165) is 75.2 Å². The minimum Gasteiger partial charge on any atom is -0.378 e. The lowest BCUT2D eigenvalue weighted by molar-refractivity contribution is -0.120. The van der Waals surface area contributed by atoms with E-state index in [0.29, 0.717) is 59.2 Å². The fourth-order valence-corrected chi connectivity index (χ4v) is 9.50. The number of nitrogens with one attached hydrogen (secondary N) is 2. The van der Waals surface area contributed by atoms with Gasteiger partial charge in [-0.15, -0.1) is 0 Å². The number of ether oxygens (including phenoxy) is 1. The smallest absolute Gasteiger partial charge is 0.257 e. The molecule has 2 unspecified atom stereocenters. The van der Waals surface area contributed by atoms with Crippen molar-refractivity contribution in [2.45, 2.75) is 89.4 Å². The zero-order valence-corrected chi connectivity index (χ0v) is 33.0. The van der Waals surface area contributed by atoms with E-state index in [4.69, 9.17) is 14.7 Å². The SMILES string of the molecule is CNC(=O)c1cc(Nc2nc(-c3ccc4c(c3)N(C3CC(N5CC6C(C5)C6(F)F)C3)C(=O)CCCN(C3COC3)CCC4)cc3ncn(C(C)C)c23)c(F)cc1C. The molecule has 5 heterocycles. The number of amides is 2. The molecule has 9 rings (SSSR count). The Morgan fingerprint density at radius 2 is 1.70 bits per heavy atom. The first-order valence-corrected chi connectivity index (χ1v) is 20.5. The normalized spacial score (nSPS) is 25.4. The van der Waals surface area contributed by atoms with Gasteiger partial charge in [-0.2, -0.15) is 0 Å². The summed E-state index contributed by atoms with van der Waals surface area (Å²) in [5.74, 6) is -3.96. The van der Waals surface area contributed by atoms with E-state index in [2.05, 4.69) is 32.6 Å². The lowest BCUT2D eigenvalue weighted by Gasteiger charge is -2.47. The average Bonchev–Trinajstić information content (AvgIpc) is 3.53. The van der Waals surface area contributed by atoms with Gasteiger partial charge in [-0.25, -0.2) is 23.1 Å². The van der Waals surface area contributed by atoms with Crippen LogP contribution in [-0.2, 0) is 16.0 Å². The van der Waals surface area contributed by atoms with Crippen molar-refractivity contribution in [1.29, 1.82) is 0 Å². The van der Waals surface area contributed by atoms with Gasteiger partial charge in [0.1, 0.15) is 11.3 Å². The Hall–Kier alpha value is -4.53. The zero-order valence-electron chi connectivity index (χ0n) is 33.0. The number of fused-ring (bicyclic) bond motifs is 3. The molecule has 2 aromatic heterocycles. The van der Waals surface area contributed by atoms with Crippen LogP contribution in [0.3, 0.4) is 0 Å². The van der Waals surface area contributed by atoms with Crippen molar-refractivity contribution in [1.82, 2.24) is 29.7 Å². The monoisotopic (exact) mass is 784 g/mol. The number of aryl methyl sites for hydroxylation is 2. The predicted octanol–water partition coefficient (Wildman–Crippen LogP) is 6.72. The molecule has 2 saturated heterocycles. The van der Waals surface area contributed by atoms with Gasteiger partial charge in [0.05, 0.1) is 42.5 Å².